The minimum absolute atomic E-state index is 0.189. The van der Waals surface area contributed by atoms with Gasteiger partial charge in [0.1, 0.15) is 5.82 Å². The third kappa shape index (κ3) is 2.39. The van der Waals surface area contributed by atoms with Crippen LogP contribution in [0.25, 0.3) is 0 Å². The average Bonchev–Trinajstić information content (AvgIpc) is 2.33. The first-order chi connectivity index (χ1) is 10.3. The van der Waals surface area contributed by atoms with Gasteiger partial charge in [0.15, 0.2) is 0 Å². The lowest BCUT2D eigenvalue weighted by atomic mass is 9.43. The lowest BCUT2D eigenvalue weighted by Gasteiger charge is -2.65. The predicted molar refractivity (Wildman–Crippen MR) is 88.4 cm³/mol. The smallest absolute Gasteiger partial charge is 0.129 e. The topological polar surface area (TPSA) is 12.0 Å². The van der Waals surface area contributed by atoms with Gasteiger partial charge in [0, 0.05) is 22.7 Å². The molecule has 2 unspecified atom stereocenters. The van der Waals surface area contributed by atoms with Crippen molar-refractivity contribution in [3.63, 3.8) is 0 Å². The van der Waals surface area contributed by atoms with Crippen molar-refractivity contribution in [1.29, 1.82) is 0 Å². The third-order valence-corrected chi connectivity index (χ3v) is 6.68. The molecule has 1 nitrogen and oxygen atoms in total. The van der Waals surface area contributed by atoms with Gasteiger partial charge in [0.2, 0.25) is 0 Å². The summed E-state index contributed by atoms with van der Waals surface area (Å²) >= 11 is 6.19. The van der Waals surface area contributed by atoms with E-state index < -0.39 is 0 Å². The Labute approximate surface area is 137 Å². The van der Waals surface area contributed by atoms with E-state index in [1.54, 1.807) is 12.1 Å². The molecular formula is C19H25ClFN. The molecule has 4 aliphatic carbocycles. The molecule has 1 aromatic carbocycles. The van der Waals surface area contributed by atoms with E-state index in [4.69, 9.17) is 11.6 Å². The molecule has 22 heavy (non-hydrogen) atoms. The Hall–Kier alpha value is -0.600. The minimum atomic E-state index is -0.192. The lowest BCUT2D eigenvalue weighted by molar-refractivity contribution is -0.118. The molecule has 1 N–H and O–H groups in total. The third-order valence-electron chi connectivity index (χ3n) is 6.33. The molecule has 4 bridgehead atoms. The van der Waals surface area contributed by atoms with Crippen LogP contribution in [0.15, 0.2) is 18.2 Å². The van der Waals surface area contributed by atoms with Crippen molar-refractivity contribution < 1.29 is 4.39 Å². The number of nitrogens with one attached hydrogen (secondary N) is 1. The van der Waals surface area contributed by atoms with Gasteiger partial charge in [0.25, 0.3) is 0 Å². The Morgan fingerprint density at radius 3 is 2.41 bits per heavy atom. The van der Waals surface area contributed by atoms with E-state index in [-0.39, 0.29) is 11.4 Å². The molecule has 0 aliphatic heterocycles. The van der Waals surface area contributed by atoms with Gasteiger partial charge in [-0.25, -0.2) is 4.39 Å². The summed E-state index contributed by atoms with van der Waals surface area (Å²) in [4.78, 5) is 0. The van der Waals surface area contributed by atoms with Crippen LogP contribution in [-0.2, 0) is 6.54 Å². The fourth-order valence-corrected chi connectivity index (χ4v) is 6.85. The second-order valence-corrected chi connectivity index (χ2v) is 9.37. The van der Waals surface area contributed by atoms with Crippen molar-refractivity contribution in [2.75, 3.05) is 0 Å². The standard InChI is InChI=1S/C19H25ClFN/c1-17-6-13-7-18(2,10-17)12-19(8-13,11-17)22-9-14-15(20)4-3-5-16(14)21/h3-5,13,22H,6-12H2,1-2H3. The Kier molecular flexibility index (Phi) is 3.20. The molecule has 4 saturated carbocycles. The minimum Gasteiger partial charge on any atom is -0.307 e. The van der Waals surface area contributed by atoms with Crippen molar-refractivity contribution in [2.45, 2.75) is 64.5 Å². The first-order valence-electron chi connectivity index (χ1n) is 8.49. The molecule has 0 radical (unpaired) electrons. The number of hydrogen-bond donors (Lipinski definition) is 1. The van der Waals surface area contributed by atoms with Crippen LogP contribution >= 0.6 is 11.6 Å². The van der Waals surface area contributed by atoms with Crippen molar-refractivity contribution in [1.82, 2.24) is 5.32 Å². The second-order valence-electron chi connectivity index (χ2n) is 8.96. The Morgan fingerprint density at radius 2 is 1.82 bits per heavy atom. The summed E-state index contributed by atoms with van der Waals surface area (Å²) in [6.07, 6.45) is 7.85. The molecule has 3 heteroatoms. The van der Waals surface area contributed by atoms with Gasteiger partial charge >= 0.3 is 0 Å². The molecule has 0 heterocycles. The van der Waals surface area contributed by atoms with Gasteiger partial charge < -0.3 is 5.32 Å². The molecule has 4 fully saturated rings. The van der Waals surface area contributed by atoms with E-state index >= 15 is 0 Å². The molecular weight excluding hydrogens is 297 g/mol. The maximum atomic E-state index is 14.0. The van der Waals surface area contributed by atoms with Crippen LogP contribution in [0.3, 0.4) is 0 Å². The maximum Gasteiger partial charge on any atom is 0.129 e. The highest BCUT2D eigenvalue weighted by atomic mass is 35.5. The number of benzene rings is 1. The number of hydrogen-bond acceptors (Lipinski definition) is 1. The summed E-state index contributed by atoms with van der Waals surface area (Å²) in [5, 5.41) is 4.29. The molecule has 1 aromatic rings. The summed E-state index contributed by atoms with van der Waals surface area (Å²) < 4.78 is 14.0. The van der Waals surface area contributed by atoms with Gasteiger partial charge in [-0.05, 0) is 67.4 Å². The maximum absolute atomic E-state index is 14.0. The zero-order valence-electron chi connectivity index (χ0n) is 13.5. The van der Waals surface area contributed by atoms with E-state index in [2.05, 4.69) is 19.2 Å². The van der Waals surface area contributed by atoms with E-state index in [1.165, 1.54) is 44.6 Å². The number of rotatable bonds is 3. The van der Waals surface area contributed by atoms with E-state index in [9.17, 15) is 4.39 Å². The van der Waals surface area contributed by atoms with Crippen LogP contribution in [0.1, 0.15) is 57.9 Å². The summed E-state index contributed by atoms with van der Waals surface area (Å²) in [5.41, 5.74) is 1.75. The molecule has 0 spiro atoms. The number of halogens is 2. The van der Waals surface area contributed by atoms with E-state index in [0.29, 0.717) is 28.0 Å². The quantitative estimate of drug-likeness (QED) is 0.794. The average molecular weight is 322 g/mol. The largest absolute Gasteiger partial charge is 0.307 e. The normalized spacial score (nSPS) is 42.8. The van der Waals surface area contributed by atoms with Gasteiger partial charge in [-0.15, -0.1) is 0 Å². The molecule has 0 saturated heterocycles. The highest BCUT2D eigenvalue weighted by Crippen LogP contribution is 2.66. The van der Waals surface area contributed by atoms with Crippen LogP contribution in [0, 0.1) is 22.6 Å². The monoisotopic (exact) mass is 321 g/mol. The summed E-state index contributed by atoms with van der Waals surface area (Å²) in [7, 11) is 0. The first kappa shape index (κ1) is 15.0. The second kappa shape index (κ2) is 4.70. The Morgan fingerprint density at radius 1 is 1.14 bits per heavy atom. The van der Waals surface area contributed by atoms with Crippen LogP contribution in [0.2, 0.25) is 5.02 Å². The lowest BCUT2D eigenvalue weighted by Crippen LogP contribution is -2.63. The molecule has 0 aromatic heterocycles. The SMILES string of the molecule is CC12CC3CC(C)(C1)CC(NCc1c(F)cccc1Cl)(C3)C2. The molecule has 5 rings (SSSR count). The first-order valence-corrected chi connectivity index (χ1v) is 8.86. The fourth-order valence-electron chi connectivity index (χ4n) is 6.62. The van der Waals surface area contributed by atoms with Crippen molar-refractivity contribution in [3.8, 4) is 0 Å². The van der Waals surface area contributed by atoms with Crippen LogP contribution in [0.4, 0.5) is 4.39 Å². The van der Waals surface area contributed by atoms with Crippen molar-refractivity contribution >= 4 is 11.6 Å². The highest BCUT2D eigenvalue weighted by molar-refractivity contribution is 6.31. The molecule has 2 atom stereocenters. The summed E-state index contributed by atoms with van der Waals surface area (Å²) in [5.74, 6) is 0.650. The molecule has 4 aliphatic rings. The Bertz CT molecular complexity index is 575. The highest BCUT2D eigenvalue weighted by Gasteiger charge is 2.59. The summed E-state index contributed by atoms with van der Waals surface area (Å²) in [6.45, 7) is 5.47. The van der Waals surface area contributed by atoms with Gasteiger partial charge in [0.05, 0.1) is 0 Å². The Balaban J connectivity index is 1.58. The van der Waals surface area contributed by atoms with Crippen LogP contribution in [-0.4, -0.2) is 5.54 Å². The molecule has 0 amide bonds. The van der Waals surface area contributed by atoms with Crippen LogP contribution in [0.5, 0.6) is 0 Å². The zero-order valence-corrected chi connectivity index (χ0v) is 14.3. The van der Waals surface area contributed by atoms with Gasteiger partial charge in [-0.2, -0.15) is 0 Å². The van der Waals surface area contributed by atoms with Gasteiger partial charge in [-0.3, -0.25) is 0 Å². The van der Waals surface area contributed by atoms with E-state index in [0.717, 1.165) is 5.92 Å². The van der Waals surface area contributed by atoms with Crippen LogP contribution < -0.4 is 5.32 Å². The zero-order chi connectivity index (χ0) is 15.6. The van der Waals surface area contributed by atoms with Crippen molar-refractivity contribution in [3.05, 3.63) is 34.6 Å². The van der Waals surface area contributed by atoms with E-state index in [1.807, 2.05) is 0 Å². The van der Waals surface area contributed by atoms with Crippen molar-refractivity contribution in [2.24, 2.45) is 16.7 Å². The summed E-state index contributed by atoms with van der Waals surface area (Å²) in [6, 6.07) is 4.96. The fraction of sp³-hybridized carbons (Fsp3) is 0.684. The predicted octanol–water partition coefficient (Wildman–Crippen LogP) is 5.32. The van der Waals surface area contributed by atoms with Gasteiger partial charge in [-0.1, -0.05) is 31.5 Å². The molecule has 120 valence electrons.